The number of carbonyl (C=O) groups excluding carboxylic acids is 3. The molecule has 2 N–H and O–H groups in total. The summed E-state index contributed by atoms with van der Waals surface area (Å²) in [6, 6.07) is 6.25. The first-order valence-corrected chi connectivity index (χ1v) is 12.7. The Morgan fingerprint density at radius 2 is 1.71 bits per heavy atom. The number of hydrogen-bond donors (Lipinski definition) is 2. The van der Waals surface area contributed by atoms with Crippen LogP contribution in [0.5, 0.6) is 0 Å². The van der Waals surface area contributed by atoms with Crippen LogP contribution >= 0.6 is 0 Å². The van der Waals surface area contributed by atoms with E-state index in [-0.39, 0.29) is 24.4 Å². The van der Waals surface area contributed by atoms with Crippen LogP contribution < -0.4 is 10.6 Å². The molecule has 0 bridgehead atoms. The molecule has 0 aliphatic carbocycles. The number of carbonyl (C=O) groups is 3. The molecule has 0 heterocycles. The Morgan fingerprint density at radius 1 is 1.06 bits per heavy atom. The Labute approximate surface area is 211 Å². The van der Waals surface area contributed by atoms with E-state index in [4.69, 9.17) is 11.2 Å². The number of ether oxygens (including phenoxy) is 1. The Hall–Kier alpha value is -3.01. The minimum atomic E-state index is -0.837. The van der Waals surface area contributed by atoms with E-state index in [9.17, 15) is 14.4 Å². The van der Waals surface area contributed by atoms with Crippen molar-refractivity contribution in [1.82, 2.24) is 15.5 Å². The van der Waals surface area contributed by atoms with E-state index in [1.807, 2.05) is 6.92 Å². The van der Waals surface area contributed by atoms with Gasteiger partial charge in [0.1, 0.15) is 18.2 Å². The van der Waals surface area contributed by atoms with Crippen LogP contribution in [0.3, 0.4) is 0 Å². The molecule has 1 aromatic rings. The summed E-state index contributed by atoms with van der Waals surface area (Å²) >= 11 is 0. The second kappa shape index (κ2) is 15.1. The van der Waals surface area contributed by atoms with Crippen LogP contribution in [0.2, 0.25) is 0 Å². The third-order valence-corrected chi connectivity index (χ3v) is 5.42. The maximum Gasteiger partial charge on any atom is 0.408 e. The maximum atomic E-state index is 13.5. The predicted molar refractivity (Wildman–Crippen MR) is 140 cm³/mol. The lowest BCUT2D eigenvalue weighted by Gasteiger charge is -2.32. The van der Waals surface area contributed by atoms with Gasteiger partial charge in [-0.1, -0.05) is 57.6 Å². The SMILES string of the molecule is C#Cc1ccc(C(C(=O)NC(C)CCC)N(CCCCCC)C(=O)CNC(=O)OC(C)(C)C)cc1. The Balaban J connectivity index is 3.23. The molecule has 7 nitrogen and oxygen atoms in total. The molecule has 194 valence electrons. The van der Waals surface area contributed by atoms with Crippen LogP contribution in [0.4, 0.5) is 4.79 Å². The minimum absolute atomic E-state index is 0.0306. The van der Waals surface area contributed by atoms with E-state index in [0.29, 0.717) is 17.7 Å². The van der Waals surface area contributed by atoms with Crippen molar-refractivity contribution in [3.63, 3.8) is 0 Å². The first-order chi connectivity index (χ1) is 16.5. The van der Waals surface area contributed by atoms with Crippen molar-refractivity contribution in [3.8, 4) is 12.3 Å². The molecule has 0 fully saturated rings. The van der Waals surface area contributed by atoms with E-state index in [1.54, 1.807) is 49.9 Å². The molecule has 0 aliphatic heterocycles. The summed E-state index contributed by atoms with van der Waals surface area (Å²) in [6.45, 7) is 11.5. The summed E-state index contributed by atoms with van der Waals surface area (Å²) < 4.78 is 5.26. The van der Waals surface area contributed by atoms with E-state index in [2.05, 4.69) is 30.4 Å². The van der Waals surface area contributed by atoms with Gasteiger partial charge in [-0.3, -0.25) is 9.59 Å². The monoisotopic (exact) mass is 485 g/mol. The summed E-state index contributed by atoms with van der Waals surface area (Å²) in [5.41, 5.74) is 0.690. The van der Waals surface area contributed by atoms with Gasteiger partial charge in [-0.25, -0.2) is 4.79 Å². The van der Waals surface area contributed by atoms with E-state index >= 15 is 0 Å². The van der Waals surface area contributed by atoms with Crippen LogP contribution in [-0.4, -0.2) is 47.5 Å². The standard InChI is InChI=1S/C28H43N3O4/c1-8-11-12-13-19-31(24(32)20-29-27(34)35-28(5,6)7)25(26(33)30-21(4)14-9-2)23-17-15-22(10-3)16-18-23/h3,15-18,21,25H,8-9,11-14,19-20H2,1-2,4-7H3,(H,29,34)(H,30,33). The fourth-order valence-electron chi connectivity index (χ4n) is 3.73. The number of terminal acetylenes is 1. The zero-order valence-electron chi connectivity index (χ0n) is 22.3. The largest absolute Gasteiger partial charge is 0.444 e. The van der Waals surface area contributed by atoms with Crippen molar-refractivity contribution in [2.75, 3.05) is 13.1 Å². The summed E-state index contributed by atoms with van der Waals surface area (Å²) in [5.74, 6) is 1.98. The summed E-state index contributed by atoms with van der Waals surface area (Å²) in [7, 11) is 0. The van der Waals surface area contributed by atoms with E-state index in [1.165, 1.54) is 0 Å². The van der Waals surface area contributed by atoms with Crippen LogP contribution in [0, 0.1) is 12.3 Å². The number of amides is 3. The Morgan fingerprint density at radius 3 is 2.26 bits per heavy atom. The second-order valence-electron chi connectivity index (χ2n) is 9.87. The number of alkyl carbamates (subject to hydrolysis) is 1. The van der Waals surface area contributed by atoms with Crippen molar-refractivity contribution >= 4 is 17.9 Å². The van der Waals surface area contributed by atoms with Crippen LogP contribution in [0.15, 0.2) is 24.3 Å². The molecule has 0 saturated carbocycles. The molecular formula is C28H43N3O4. The quantitative estimate of drug-likeness (QED) is 0.306. The van der Waals surface area contributed by atoms with Crippen LogP contribution in [0.25, 0.3) is 0 Å². The lowest BCUT2D eigenvalue weighted by Crippen LogP contribution is -2.49. The fourth-order valence-corrected chi connectivity index (χ4v) is 3.73. The fraction of sp³-hybridized carbons (Fsp3) is 0.607. The Bertz CT molecular complexity index is 852. The molecule has 2 unspecified atom stereocenters. The van der Waals surface area contributed by atoms with Crippen molar-refractivity contribution in [2.24, 2.45) is 0 Å². The van der Waals surface area contributed by atoms with Gasteiger partial charge in [0.2, 0.25) is 11.8 Å². The molecule has 1 aromatic carbocycles. The smallest absolute Gasteiger partial charge is 0.408 e. The van der Waals surface area contributed by atoms with Gasteiger partial charge in [-0.2, -0.15) is 0 Å². The molecular weight excluding hydrogens is 442 g/mol. The minimum Gasteiger partial charge on any atom is -0.444 e. The normalized spacial score (nSPS) is 12.7. The molecule has 0 spiro atoms. The Kier molecular flexibility index (Phi) is 12.9. The number of nitrogens with one attached hydrogen (secondary N) is 2. The molecule has 0 aromatic heterocycles. The number of unbranched alkanes of at least 4 members (excludes halogenated alkanes) is 3. The molecule has 0 saturated heterocycles. The first-order valence-electron chi connectivity index (χ1n) is 12.7. The molecule has 1 rings (SSSR count). The van der Waals surface area contributed by atoms with Crippen LogP contribution in [-0.2, 0) is 14.3 Å². The van der Waals surface area contributed by atoms with Gasteiger partial charge in [-0.15, -0.1) is 6.42 Å². The average Bonchev–Trinajstić information content (AvgIpc) is 2.78. The molecule has 35 heavy (non-hydrogen) atoms. The highest BCUT2D eigenvalue weighted by molar-refractivity contribution is 5.90. The van der Waals surface area contributed by atoms with Gasteiger partial charge in [0.05, 0.1) is 0 Å². The van der Waals surface area contributed by atoms with Crippen LogP contribution in [0.1, 0.15) is 97.2 Å². The van der Waals surface area contributed by atoms with Crippen molar-refractivity contribution in [1.29, 1.82) is 0 Å². The van der Waals surface area contributed by atoms with Crippen molar-refractivity contribution in [2.45, 2.75) is 97.8 Å². The predicted octanol–water partition coefficient (Wildman–Crippen LogP) is 4.95. The van der Waals surface area contributed by atoms with Crippen molar-refractivity contribution < 1.29 is 19.1 Å². The number of hydrogen-bond acceptors (Lipinski definition) is 4. The molecule has 2 atom stereocenters. The number of nitrogens with zero attached hydrogens (tertiary/aromatic N) is 1. The summed E-state index contributed by atoms with van der Waals surface area (Å²) in [5, 5.41) is 5.59. The average molecular weight is 486 g/mol. The topological polar surface area (TPSA) is 87.7 Å². The van der Waals surface area contributed by atoms with Gasteiger partial charge < -0.3 is 20.3 Å². The van der Waals surface area contributed by atoms with Gasteiger partial charge in [-0.05, 0) is 58.2 Å². The lowest BCUT2D eigenvalue weighted by atomic mass is 10.0. The lowest BCUT2D eigenvalue weighted by molar-refractivity contribution is -0.140. The molecule has 0 aliphatic rings. The second-order valence-corrected chi connectivity index (χ2v) is 9.87. The van der Waals surface area contributed by atoms with E-state index < -0.39 is 17.7 Å². The van der Waals surface area contributed by atoms with Gasteiger partial charge >= 0.3 is 6.09 Å². The highest BCUT2D eigenvalue weighted by atomic mass is 16.6. The third-order valence-electron chi connectivity index (χ3n) is 5.42. The zero-order valence-corrected chi connectivity index (χ0v) is 22.3. The highest BCUT2D eigenvalue weighted by Crippen LogP contribution is 2.24. The maximum absolute atomic E-state index is 13.5. The number of benzene rings is 1. The van der Waals surface area contributed by atoms with Gasteiger partial charge in [0, 0.05) is 18.2 Å². The molecule has 3 amide bonds. The van der Waals surface area contributed by atoms with E-state index in [0.717, 1.165) is 38.5 Å². The summed E-state index contributed by atoms with van der Waals surface area (Å²) in [4.78, 5) is 40.6. The molecule has 0 radical (unpaired) electrons. The van der Waals surface area contributed by atoms with Gasteiger partial charge in [0.25, 0.3) is 0 Å². The molecule has 7 heteroatoms. The first kappa shape index (κ1) is 30.0. The number of rotatable bonds is 13. The zero-order chi connectivity index (χ0) is 26.4. The summed E-state index contributed by atoms with van der Waals surface area (Å²) in [6.07, 6.45) is 10.4. The highest BCUT2D eigenvalue weighted by Gasteiger charge is 2.32. The van der Waals surface area contributed by atoms with Crippen molar-refractivity contribution in [3.05, 3.63) is 35.4 Å². The van der Waals surface area contributed by atoms with Gasteiger partial charge in [0.15, 0.2) is 0 Å². The third kappa shape index (κ3) is 11.3.